The predicted octanol–water partition coefficient (Wildman–Crippen LogP) is 4.93. The highest BCUT2D eigenvalue weighted by Crippen LogP contribution is 2.30. The summed E-state index contributed by atoms with van der Waals surface area (Å²) in [5.41, 5.74) is 3.15. The molecule has 30 heavy (non-hydrogen) atoms. The highest BCUT2D eigenvalue weighted by Gasteiger charge is 2.20. The van der Waals surface area contributed by atoms with Gasteiger partial charge in [-0.25, -0.2) is 4.79 Å². The van der Waals surface area contributed by atoms with Crippen molar-refractivity contribution in [2.75, 3.05) is 0 Å². The fraction of sp³-hybridized carbons (Fsp3) is 0.217. The van der Waals surface area contributed by atoms with Crippen LogP contribution in [0.4, 0.5) is 0 Å². The Morgan fingerprint density at radius 2 is 1.67 bits per heavy atom. The smallest absolute Gasteiger partial charge is 0.331 e. The quantitative estimate of drug-likeness (QED) is 0.440. The molecule has 0 aliphatic heterocycles. The summed E-state index contributed by atoms with van der Waals surface area (Å²) in [6, 6.07) is 14.9. The lowest BCUT2D eigenvalue weighted by atomic mass is 10.1. The van der Waals surface area contributed by atoms with Crippen LogP contribution in [0.3, 0.4) is 0 Å². The van der Waals surface area contributed by atoms with Gasteiger partial charge in [0.1, 0.15) is 5.52 Å². The summed E-state index contributed by atoms with van der Waals surface area (Å²) in [6.45, 7) is 2.80. The van der Waals surface area contributed by atoms with E-state index in [2.05, 4.69) is 0 Å². The van der Waals surface area contributed by atoms with Crippen LogP contribution in [0.2, 0.25) is 10.0 Å². The standard InChI is InChI=1S/C23H21Cl2N3O2/c1-3-11-28-22(29)21-20(26(2)23(28)30)19(16-5-4-6-18(25)12-16)14-27(21)13-15-7-9-17(24)10-8-15/h4-10,12,14H,3,11,13H2,1-2H3. The maximum absolute atomic E-state index is 13.3. The highest BCUT2D eigenvalue weighted by atomic mass is 35.5. The van der Waals surface area contributed by atoms with E-state index in [1.807, 2.05) is 60.2 Å². The monoisotopic (exact) mass is 441 g/mol. The summed E-state index contributed by atoms with van der Waals surface area (Å²) in [6.07, 6.45) is 2.61. The Balaban J connectivity index is 2.04. The zero-order valence-electron chi connectivity index (χ0n) is 16.7. The van der Waals surface area contributed by atoms with Crippen molar-refractivity contribution in [1.82, 2.24) is 13.7 Å². The molecule has 0 saturated carbocycles. The highest BCUT2D eigenvalue weighted by molar-refractivity contribution is 6.31. The van der Waals surface area contributed by atoms with Crippen molar-refractivity contribution in [3.8, 4) is 11.1 Å². The summed E-state index contributed by atoms with van der Waals surface area (Å²) in [7, 11) is 1.71. The van der Waals surface area contributed by atoms with Gasteiger partial charge in [0.2, 0.25) is 0 Å². The van der Waals surface area contributed by atoms with E-state index in [4.69, 9.17) is 23.2 Å². The van der Waals surface area contributed by atoms with Crippen LogP contribution in [0, 0.1) is 0 Å². The van der Waals surface area contributed by atoms with E-state index in [-0.39, 0.29) is 11.2 Å². The first-order valence-corrected chi connectivity index (χ1v) is 10.5. The van der Waals surface area contributed by atoms with Crippen LogP contribution in [0.1, 0.15) is 18.9 Å². The molecule has 0 fully saturated rings. The Hall–Kier alpha value is -2.76. The lowest BCUT2D eigenvalue weighted by Crippen LogP contribution is -2.39. The van der Waals surface area contributed by atoms with Gasteiger partial charge in [0, 0.05) is 41.9 Å². The lowest BCUT2D eigenvalue weighted by molar-refractivity contribution is 0.591. The molecule has 2 heterocycles. The van der Waals surface area contributed by atoms with Crippen molar-refractivity contribution < 1.29 is 0 Å². The summed E-state index contributed by atoms with van der Waals surface area (Å²) in [5.74, 6) is 0. The van der Waals surface area contributed by atoms with Crippen LogP contribution < -0.4 is 11.2 Å². The molecule has 4 aromatic rings. The summed E-state index contributed by atoms with van der Waals surface area (Å²) in [5, 5.41) is 1.25. The second-order valence-corrected chi connectivity index (χ2v) is 8.18. The average Bonchev–Trinajstić information content (AvgIpc) is 3.11. The molecule has 0 unspecified atom stereocenters. The number of benzene rings is 2. The SMILES string of the molecule is CCCn1c(=O)c2c(c(-c3cccc(Cl)c3)cn2Cc2ccc(Cl)cc2)n(C)c1=O. The molecule has 0 spiro atoms. The molecule has 0 aliphatic carbocycles. The average molecular weight is 442 g/mol. The summed E-state index contributed by atoms with van der Waals surface area (Å²) in [4.78, 5) is 26.3. The number of fused-ring (bicyclic) bond motifs is 1. The van der Waals surface area contributed by atoms with Gasteiger partial charge in [-0.05, 0) is 41.8 Å². The van der Waals surface area contributed by atoms with Gasteiger partial charge >= 0.3 is 5.69 Å². The van der Waals surface area contributed by atoms with Crippen LogP contribution in [0.15, 0.2) is 64.3 Å². The first-order valence-electron chi connectivity index (χ1n) is 9.73. The number of aryl methyl sites for hydroxylation is 1. The number of rotatable bonds is 5. The molecule has 0 radical (unpaired) electrons. The molecule has 0 amide bonds. The maximum atomic E-state index is 13.3. The Labute approximate surface area is 183 Å². The molecule has 7 heteroatoms. The van der Waals surface area contributed by atoms with Gasteiger partial charge in [-0.2, -0.15) is 0 Å². The molecular weight excluding hydrogens is 421 g/mol. The summed E-state index contributed by atoms with van der Waals surface area (Å²) >= 11 is 12.2. The first-order chi connectivity index (χ1) is 14.4. The van der Waals surface area contributed by atoms with E-state index in [0.717, 1.165) is 16.7 Å². The van der Waals surface area contributed by atoms with E-state index in [1.54, 1.807) is 17.7 Å². The minimum atomic E-state index is -0.318. The molecule has 2 aromatic carbocycles. The van der Waals surface area contributed by atoms with Crippen LogP contribution in [-0.2, 0) is 20.1 Å². The minimum Gasteiger partial charge on any atom is -0.337 e. The molecule has 0 atom stereocenters. The number of halogens is 2. The van der Waals surface area contributed by atoms with Gasteiger partial charge < -0.3 is 4.57 Å². The summed E-state index contributed by atoms with van der Waals surface area (Å²) < 4.78 is 4.77. The Kier molecular flexibility index (Phi) is 5.58. The third-order valence-electron chi connectivity index (χ3n) is 5.20. The van der Waals surface area contributed by atoms with Crippen LogP contribution in [-0.4, -0.2) is 13.7 Å². The van der Waals surface area contributed by atoms with Crippen LogP contribution >= 0.6 is 23.2 Å². The van der Waals surface area contributed by atoms with Gasteiger partial charge in [0.05, 0.1) is 5.52 Å². The van der Waals surface area contributed by atoms with Gasteiger partial charge in [0.15, 0.2) is 0 Å². The number of aromatic nitrogens is 3. The molecule has 0 bridgehead atoms. The predicted molar refractivity (Wildman–Crippen MR) is 123 cm³/mol. The molecule has 4 rings (SSSR count). The lowest BCUT2D eigenvalue weighted by Gasteiger charge is -2.11. The zero-order chi connectivity index (χ0) is 21.4. The van der Waals surface area contributed by atoms with Crippen molar-refractivity contribution >= 4 is 34.2 Å². The fourth-order valence-corrected chi connectivity index (χ4v) is 4.12. The molecule has 5 nitrogen and oxygen atoms in total. The van der Waals surface area contributed by atoms with E-state index in [9.17, 15) is 9.59 Å². The minimum absolute atomic E-state index is 0.280. The van der Waals surface area contributed by atoms with Gasteiger partial charge in [-0.1, -0.05) is 54.4 Å². The third kappa shape index (κ3) is 3.59. The van der Waals surface area contributed by atoms with Crippen molar-refractivity contribution in [3.63, 3.8) is 0 Å². The molecule has 0 saturated heterocycles. The van der Waals surface area contributed by atoms with E-state index in [0.29, 0.717) is 40.6 Å². The maximum Gasteiger partial charge on any atom is 0.331 e. The second-order valence-electron chi connectivity index (χ2n) is 7.30. The zero-order valence-corrected chi connectivity index (χ0v) is 18.2. The Morgan fingerprint density at radius 1 is 0.933 bits per heavy atom. The van der Waals surface area contributed by atoms with Gasteiger partial charge in [-0.15, -0.1) is 0 Å². The second kappa shape index (κ2) is 8.17. The van der Waals surface area contributed by atoms with Gasteiger partial charge in [-0.3, -0.25) is 13.9 Å². The third-order valence-corrected chi connectivity index (χ3v) is 5.69. The molecule has 0 N–H and O–H groups in total. The number of hydrogen-bond acceptors (Lipinski definition) is 2. The van der Waals surface area contributed by atoms with Crippen molar-refractivity contribution in [2.45, 2.75) is 26.4 Å². The normalized spacial score (nSPS) is 11.3. The van der Waals surface area contributed by atoms with Crippen molar-refractivity contribution in [1.29, 1.82) is 0 Å². The van der Waals surface area contributed by atoms with E-state index in [1.165, 1.54) is 4.57 Å². The Bertz CT molecular complexity index is 1350. The fourth-order valence-electron chi connectivity index (χ4n) is 3.80. The number of nitrogens with zero attached hydrogens (tertiary/aromatic N) is 3. The van der Waals surface area contributed by atoms with E-state index >= 15 is 0 Å². The van der Waals surface area contributed by atoms with E-state index < -0.39 is 0 Å². The van der Waals surface area contributed by atoms with Gasteiger partial charge in [0.25, 0.3) is 5.56 Å². The number of hydrogen-bond donors (Lipinski definition) is 0. The van der Waals surface area contributed by atoms with Crippen LogP contribution in [0.25, 0.3) is 22.2 Å². The Morgan fingerprint density at radius 3 is 2.33 bits per heavy atom. The van der Waals surface area contributed by atoms with Crippen molar-refractivity contribution in [3.05, 3.63) is 91.2 Å². The molecular formula is C23H21Cl2N3O2. The van der Waals surface area contributed by atoms with Crippen molar-refractivity contribution in [2.24, 2.45) is 7.05 Å². The first kappa shape index (κ1) is 20.5. The topological polar surface area (TPSA) is 48.9 Å². The largest absolute Gasteiger partial charge is 0.337 e. The molecule has 0 aliphatic rings. The van der Waals surface area contributed by atoms with Crippen LogP contribution in [0.5, 0.6) is 0 Å². The molecule has 154 valence electrons. The molecule has 2 aromatic heterocycles.